The quantitative estimate of drug-likeness (QED) is 0.550. The predicted octanol–water partition coefficient (Wildman–Crippen LogP) is 2.93. The molecule has 1 amide bonds. The summed E-state index contributed by atoms with van der Waals surface area (Å²) in [6.45, 7) is 4.56. The highest BCUT2D eigenvalue weighted by Gasteiger charge is 2.63. The Labute approximate surface area is 144 Å². The van der Waals surface area contributed by atoms with E-state index in [0.717, 1.165) is 0 Å². The lowest BCUT2D eigenvalue weighted by molar-refractivity contribution is -0.208. The normalized spacial score (nSPS) is 13.7. The average molecular weight is 361 g/mol. The van der Waals surface area contributed by atoms with E-state index in [1.54, 1.807) is 25.2 Å². The molecule has 1 aromatic rings. The third-order valence-electron chi connectivity index (χ3n) is 3.32. The molecule has 0 saturated heterocycles. The zero-order chi connectivity index (χ0) is 19.1. The summed E-state index contributed by atoms with van der Waals surface area (Å²) in [5.74, 6) is -2.76. The Hall–Kier alpha value is -2.32. The van der Waals surface area contributed by atoms with Crippen molar-refractivity contribution in [1.82, 2.24) is 10.3 Å². The van der Waals surface area contributed by atoms with E-state index >= 15 is 0 Å². The number of anilines is 1. The second-order valence-corrected chi connectivity index (χ2v) is 5.46. The van der Waals surface area contributed by atoms with Crippen LogP contribution in [0.3, 0.4) is 0 Å². The molecule has 1 rings (SSSR count). The van der Waals surface area contributed by atoms with Crippen LogP contribution in [0.5, 0.6) is 0 Å². The largest absolute Gasteiger partial charge is 0.463 e. The maximum Gasteiger partial charge on any atom is 0.441 e. The summed E-state index contributed by atoms with van der Waals surface area (Å²) in [6.07, 6.45) is -2.98. The zero-order valence-electron chi connectivity index (χ0n) is 14.4. The lowest BCUT2D eigenvalue weighted by Crippen LogP contribution is -2.69. The fourth-order valence-corrected chi connectivity index (χ4v) is 2.04. The molecule has 140 valence electrons. The highest BCUT2D eigenvalue weighted by atomic mass is 19.4. The Morgan fingerprint density at radius 3 is 2.48 bits per heavy atom. The number of rotatable bonds is 8. The van der Waals surface area contributed by atoms with Gasteiger partial charge in [-0.15, -0.1) is 0 Å². The van der Waals surface area contributed by atoms with Crippen LogP contribution in [0.25, 0.3) is 0 Å². The van der Waals surface area contributed by atoms with Gasteiger partial charge in [0.2, 0.25) is 5.91 Å². The van der Waals surface area contributed by atoms with Crippen LogP contribution in [0.1, 0.15) is 38.7 Å². The monoisotopic (exact) mass is 361 g/mol. The van der Waals surface area contributed by atoms with Gasteiger partial charge in [-0.3, -0.25) is 4.79 Å². The van der Waals surface area contributed by atoms with E-state index < -0.39 is 23.7 Å². The molecule has 0 saturated carbocycles. The van der Waals surface area contributed by atoms with Gasteiger partial charge < -0.3 is 15.4 Å². The molecular weight excluding hydrogens is 339 g/mol. The van der Waals surface area contributed by atoms with Crippen molar-refractivity contribution >= 4 is 17.7 Å². The standard InChI is InChI=1S/C16H22F3N3O3/c1-4-6-7-13(23)22-15(16(17,18)19,14(24)25-5-2)21-12-10-11(3)8-9-20-12/h8-10H,4-7H2,1-3H3,(H,20,21)(H,22,23)/t15-/m1/s1. The molecule has 0 spiro atoms. The Balaban J connectivity index is 3.29. The second-order valence-electron chi connectivity index (χ2n) is 5.46. The van der Waals surface area contributed by atoms with E-state index in [1.807, 2.05) is 5.32 Å². The lowest BCUT2D eigenvalue weighted by atomic mass is 10.1. The molecule has 0 unspecified atom stereocenters. The third-order valence-corrected chi connectivity index (χ3v) is 3.32. The molecule has 2 N–H and O–H groups in total. The zero-order valence-corrected chi connectivity index (χ0v) is 14.4. The van der Waals surface area contributed by atoms with Crippen LogP contribution >= 0.6 is 0 Å². The van der Waals surface area contributed by atoms with Gasteiger partial charge in [0, 0.05) is 12.6 Å². The van der Waals surface area contributed by atoms with Crippen molar-refractivity contribution in [3.05, 3.63) is 23.9 Å². The molecule has 9 heteroatoms. The fourth-order valence-electron chi connectivity index (χ4n) is 2.04. The smallest absolute Gasteiger partial charge is 0.441 e. The number of esters is 1. The number of unbranched alkanes of at least 4 members (excludes halogenated alkanes) is 1. The van der Waals surface area contributed by atoms with Crippen molar-refractivity contribution < 1.29 is 27.5 Å². The molecule has 0 aliphatic heterocycles. The Morgan fingerprint density at radius 2 is 1.96 bits per heavy atom. The number of carbonyl (C=O) groups is 2. The van der Waals surface area contributed by atoms with Crippen molar-refractivity contribution in [3.63, 3.8) is 0 Å². The van der Waals surface area contributed by atoms with Gasteiger partial charge in [0.15, 0.2) is 0 Å². The minimum Gasteiger partial charge on any atom is -0.463 e. The summed E-state index contributed by atoms with van der Waals surface area (Å²) in [5.41, 5.74) is -2.77. The van der Waals surface area contributed by atoms with Gasteiger partial charge in [0.05, 0.1) is 6.61 Å². The van der Waals surface area contributed by atoms with Gasteiger partial charge in [0.25, 0.3) is 0 Å². The van der Waals surface area contributed by atoms with Gasteiger partial charge in [-0.2, -0.15) is 13.2 Å². The van der Waals surface area contributed by atoms with E-state index in [0.29, 0.717) is 18.4 Å². The van der Waals surface area contributed by atoms with Crippen LogP contribution in [0.4, 0.5) is 19.0 Å². The molecule has 0 bridgehead atoms. The van der Waals surface area contributed by atoms with Gasteiger partial charge >= 0.3 is 17.8 Å². The highest BCUT2D eigenvalue weighted by molar-refractivity contribution is 5.91. The number of nitrogens with one attached hydrogen (secondary N) is 2. The van der Waals surface area contributed by atoms with Gasteiger partial charge in [-0.05, 0) is 38.0 Å². The highest BCUT2D eigenvalue weighted by Crippen LogP contribution is 2.33. The van der Waals surface area contributed by atoms with Crippen LogP contribution in [-0.2, 0) is 14.3 Å². The number of hydrogen-bond donors (Lipinski definition) is 2. The Morgan fingerprint density at radius 1 is 1.28 bits per heavy atom. The minimum absolute atomic E-state index is 0.142. The van der Waals surface area contributed by atoms with Crippen LogP contribution < -0.4 is 10.6 Å². The molecule has 1 heterocycles. The molecular formula is C16H22F3N3O3. The second kappa shape index (κ2) is 8.68. The van der Waals surface area contributed by atoms with E-state index in [-0.39, 0.29) is 18.8 Å². The molecule has 0 fully saturated rings. The van der Waals surface area contributed by atoms with Crippen molar-refractivity contribution in [2.45, 2.75) is 51.9 Å². The number of halogens is 3. The fraction of sp³-hybridized carbons (Fsp3) is 0.562. The number of aryl methyl sites for hydroxylation is 1. The van der Waals surface area contributed by atoms with E-state index in [9.17, 15) is 22.8 Å². The first-order valence-corrected chi connectivity index (χ1v) is 7.92. The summed E-state index contributed by atoms with van der Waals surface area (Å²) in [7, 11) is 0. The number of nitrogens with zero attached hydrogens (tertiary/aromatic N) is 1. The molecule has 1 atom stereocenters. The van der Waals surface area contributed by atoms with Crippen LogP contribution in [0.2, 0.25) is 0 Å². The maximum atomic E-state index is 13.8. The summed E-state index contributed by atoms with van der Waals surface area (Å²) >= 11 is 0. The molecule has 0 aliphatic carbocycles. The number of carbonyl (C=O) groups excluding carboxylic acids is 2. The summed E-state index contributed by atoms with van der Waals surface area (Å²) in [6, 6.07) is 2.92. The molecule has 0 aliphatic rings. The van der Waals surface area contributed by atoms with Crippen LogP contribution in [-0.4, -0.2) is 35.3 Å². The Kier molecular flexibility index (Phi) is 7.20. The number of pyridine rings is 1. The minimum atomic E-state index is -5.15. The molecule has 0 aromatic carbocycles. The maximum absolute atomic E-state index is 13.8. The molecule has 6 nitrogen and oxygen atoms in total. The van der Waals surface area contributed by atoms with E-state index in [2.05, 4.69) is 9.72 Å². The number of hydrogen-bond acceptors (Lipinski definition) is 5. The van der Waals surface area contributed by atoms with Crippen molar-refractivity contribution in [1.29, 1.82) is 0 Å². The number of ether oxygens (including phenoxy) is 1. The van der Waals surface area contributed by atoms with Crippen molar-refractivity contribution in [2.75, 3.05) is 11.9 Å². The SMILES string of the molecule is CCCCC(=O)N[C@](Nc1cc(C)ccn1)(C(=O)OCC)C(F)(F)F. The van der Waals surface area contributed by atoms with Crippen molar-refractivity contribution in [3.8, 4) is 0 Å². The first-order valence-electron chi connectivity index (χ1n) is 7.92. The van der Waals surface area contributed by atoms with Crippen molar-refractivity contribution in [2.24, 2.45) is 0 Å². The first-order chi connectivity index (χ1) is 11.7. The first kappa shape index (κ1) is 20.7. The average Bonchev–Trinajstić information content (AvgIpc) is 2.51. The number of aromatic nitrogens is 1. The van der Waals surface area contributed by atoms with Gasteiger partial charge in [-0.1, -0.05) is 13.3 Å². The Bertz CT molecular complexity index is 608. The van der Waals surface area contributed by atoms with Gasteiger partial charge in [-0.25, -0.2) is 9.78 Å². The summed E-state index contributed by atoms with van der Waals surface area (Å²) < 4.78 is 46.0. The predicted molar refractivity (Wildman–Crippen MR) is 85.7 cm³/mol. The third kappa shape index (κ3) is 5.33. The van der Waals surface area contributed by atoms with Crippen LogP contribution in [0.15, 0.2) is 18.3 Å². The summed E-state index contributed by atoms with van der Waals surface area (Å²) in [4.78, 5) is 27.9. The summed E-state index contributed by atoms with van der Waals surface area (Å²) in [5, 5.41) is 3.79. The topological polar surface area (TPSA) is 80.3 Å². The number of alkyl halides is 3. The lowest BCUT2D eigenvalue weighted by Gasteiger charge is -2.35. The van der Waals surface area contributed by atoms with E-state index in [1.165, 1.54) is 19.2 Å². The number of amides is 1. The molecule has 25 heavy (non-hydrogen) atoms. The molecule has 1 aromatic heterocycles. The van der Waals surface area contributed by atoms with Gasteiger partial charge in [0.1, 0.15) is 5.82 Å². The molecule has 0 radical (unpaired) electrons. The van der Waals surface area contributed by atoms with E-state index in [4.69, 9.17) is 0 Å². The van der Waals surface area contributed by atoms with Crippen LogP contribution in [0, 0.1) is 6.92 Å².